The Labute approximate surface area is 371 Å². The highest BCUT2D eigenvalue weighted by atomic mass is 15.0. The number of hydrogen-bond donors (Lipinski definition) is 0. The van der Waals surface area contributed by atoms with Crippen molar-refractivity contribution in [3.05, 3.63) is 218 Å². The second-order valence-corrected chi connectivity index (χ2v) is 16.9. The van der Waals surface area contributed by atoms with E-state index in [1.54, 1.807) is 6.20 Å². The molecule has 0 spiro atoms. The van der Waals surface area contributed by atoms with Crippen molar-refractivity contribution in [2.45, 2.75) is 19.3 Å². The van der Waals surface area contributed by atoms with Gasteiger partial charge in [-0.2, -0.15) is 0 Å². The van der Waals surface area contributed by atoms with Gasteiger partial charge in [0.15, 0.2) is 17.5 Å². The summed E-state index contributed by atoms with van der Waals surface area (Å²) in [4.78, 5) is 24.8. The molecule has 0 aliphatic heterocycles. The van der Waals surface area contributed by atoms with Crippen LogP contribution in [0.1, 0.15) is 25.0 Å². The van der Waals surface area contributed by atoms with Crippen molar-refractivity contribution in [3.8, 4) is 84.6 Å². The van der Waals surface area contributed by atoms with E-state index in [0.29, 0.717) is 23.2 Å². The normalized spacial score (nSPS) is 12.7. The molecule has 0 N–H and O–H groups in total. The van der Waals surface area contributed by atoms with Gasteiger partial charge in [0.1, 0.15) is 5.69 Å². The lowest BCUT2D eigenvalue weighted by Gasteiger charge is -2.23. The Kier molecular flexibility index (Phi) is 8.73. The standard InChI is InChI=1S/C58H40N6/c1-58(2)47-23-11-9-22-44(47)52-48(58)32-31-43-42-21-10-12-26-51(42)64(54(43)52)53-45(37-17-5-3-6-18-37)35-41(36-46(53)38-19-7-4-8-20-38)56-61-55(62-57(63-56)50-25-14-16-34-60-50)40-29-27-39(28-30-40)49-24-13-15-33-59-49/h3-36H,1-2H3. The minimum Gasteiger partial charge on any atom is -0.307 e. The Morgan fingerprint density at radius 3 is 1.62 bits per heavy atom. The van der Waals surface area contributed by atoms with Crippen molar-refractivity contribution < 1.29 is 0 Å². The molecule has 0 saturated heterocycles. The highest BCUT2D eigenvalue weighted by Crippen LogP contribution is 2.54. The first-order valence-electron chi connectivity index (χ1n) is 21.7. The summed E-state index contributed by atoms with van der Waals surface area (Å²) in [5, 5.41) is 2.43. The molecule has 64 heavy (non-hydrogen) atoms. The molecule has 11 aromatic rings. The van der Waals surface area contributed by atoms with E-state index in [2.05, 4.69) is 181 Å². The molecule has 0 saturated carbocycles. The maximum absolute atomic E-state index is 5.28. The maximum Gasteiger partial charge on any atom is 0.182 e. The van der Waals surface area contributed by atoms with Gasteiger partial charge in [-0.1, -0.05) is 166 Å². The fourth-order valence-electron chi connectivity index (χ4n) is 9.72. The molecule has 6 nitrogen and oxygen atoms in total. The van der Waals surface area contributed by atoms with Gasteiger partial charge in [0.2, 0.25) is 0 Å². The van der Waals surface area contributed by atoms with Gasteiger partial charge in [-0.15, -0.1) is 0 Å². The van der Waals surface area contributed by atoms with Crippen molar-refractivity contribution in [1.29, 1.82) is 0 Å². The average Bonchev–Trinajstić information content (AvgIpc) is 3.82. The molecule has 4 aromatic heterocycles. The van der Waals surface area contributed by atoms with Crippen LogP contribution in [0.3, 0.4) is 0 Å². The maximum atomic E-state index is 5.28. The third kappa shape index (κ3) is 6.06. The lowest BCUT2D eigenvalue weighted by atomic mass is 9.82. The van der Waals surface area contributed by atoms with Gasteiger partial charge in [-0.25, -0.2) is 15.0 Å². The van der Waals surface area contributed by atoms with Crippen molar-refractivity contribution in [2.75, 3.05) is 0 Å². The van der Waals surface area contributed by atoms with Crippen LogP contribution in [0.2, 0.25) is 0 Å². The molecule has 6 heteroatoms. The molecule has 1 aliphatic rings. The van der Waals surface area contributed by atoms with Crippen LogP contribution in [0.25, 0.3) is 106 Å². The zero-order chi connectivity index (χ0) is 42.8. The van der Waals surface area contributed by atoms with E-state index < -0.39 is 0 Å². The SMILES string of the molecule is CC1(C)c2ccccc2-c2c1ccc1c3ccccc3n(-c3c(-c4ccccc4)cc(-c4nc(-c5ccc(-c6ccccn6)cc5)nc(-c5ccccn5)n4)cc3-c3ccccc3)c21. The Hall–Kier alpha value is -8.35. The topological polar surface area (TPSA) is 69.4 Å². The summed E-state index contributed by atoms with van der Waals surface area (Å²) in [5.74, 6) is 1.61. The summed E-state index contributed by atoms with van der Waals surface area (Å²) < 4.78 is 2.54. The Morgan fingerprint density at radius 1 is 0.391 bits per heavy atom. The Morgan fingerprint density at radius 2 is 0.953 bits per heavy atom. The number of aromatic nitrogens is 6. The zero-order valence-electron chi connectivity index (χ0n) is 35.3. The first-order valence-corrected chi connectivity index (χ1v) is 21.7. The van der Waals surface area contributed by atoms with E-state index in [0.717, 1.165) is 55.8 Å². The lowest BCUT2D eigenvalue weighted by Crippen LogP contribution is -2.14. The Balaban J connectivity index is 1.17. The summed E-state index contributed by atoms with van der Waals surface area (Å²) in [7, 11) is 0. The summed E-state index contributed by atoms with van der Waals surface area (Å²) in [6.07, 6.45) is 3.59. The molecular weight excluding hydrogens is 781 g/mol. The van der Waals surface area contributed by atoms with E-state index in [-0.39, 0.29) is 5.41 Å². The molecule has 4 heterocycles. The van der Waals surface area contributed by atoms with Crippen molar-refractivity contribution in [3.63, 3.8) is 0 Å². The summed E-state index contributed by atoms with van der Waals surface area (Å²) >= 11 is 0. The monoisotopic (exact) mass is 820 g/mol. The second kappa shape index (κ2) is 14.9. The van der Waals surface area contributed by atoms with Gasteiger partial charge in [0, 0.05) is 62.0 Å². The third-order valence-corrected chi connectivity index (χ3v) is 12.8. The van der Waals surface area contributed by atoms with Gasteiger partial charge in [0.25, 0.3) is 0 Å². The quantitative estimate of drug-likeness (QED) is 0.160. The Bertz CT molecular complexity index is 3480. The molecule has 302 valence electrons. The molecule has 7 aromatic carbocycles. The van der Waals surface area contributed by atoms with Crippen molar-refractivity contribution >= 4 is 21.8 Å². The highest BCUT2D eigenvalue weighted by Gasteiger charge is 2.38. The van der Waals surface area contributed by atoms with Gasteiger partial charge in [0.05, 0.1) is 22.4 Å². The fourth-order valence-corrected chi connectivity index (χ4v) is 9.72. The molecule has 12 rings (SSSR count). The molecular formula is C58H40N6. The third-order valence-electron chi connectivity index (χ3n) is 12.8. The first kappa shape index (κ1) is 37.4. The summed E-state index contributed by atoms with van der Waals surface area (Å²) in [6.45, 7) is 4.71. The summed E-state index contributed by atoms with van der Waals surface area (Å²) in [6, 6.07) is 68.4. The summed E-state index contributed by atoms with van der Waals surface area (Å²) in [5.41, 5.74) is 17.1. The molecule has 0 unspecified atom stereocenters. The van der Waals surface area contributed by atoms with Gasteiger partial charge in [-0.3, -0.25) is 9.97 Å². The van der Waals surface area contributed by atoms with E-state index in [1.165, 1.54) is 38.5 Å². The van der Waals surface area contributed by atoms with Crippen molar-refractivity contribution in [1.82, 2.24) is 29.5 Å². The van der Waals surface area contributed by atoms with E-state index in [1.807, 2.05) is 42.6 Å². The smallest absolute Gasteiger partial charge is 0.182 e. The van der Waals surface area contributed by atoms with Crippen LogP contribution in [0, 0.1) is 0 Å². The number of benzene rings is 7. The average molecular weight is 821 g/mol. The number of hydrogen-bond acceptors (Lipinski definition) is 5. The first-order chi connectivity index (χ1) is 31.5. The lowest BCUT2D eigenvalue weighted by molar-refractivity contribution is 0.661. The number of pyridine rings is 2. The fraction of sp³-hybridized carbons (Fsp3) is 0.0517. The highest BCUT2D eigenvalue weighted by molar-refractivity contribution is 6.16. The van der Waals surface area contributed by atoms with Crippen LogP contribution in [-0.2, 0) is 5.41 Å². The van der Waals surface area contributed by atoms with Crippen LogP contribution in [0.15, 0.2) is 207 Å². The van der Waals surface area contributed by atoms with Crippen LogP contribution in [0.5, 0.6) is 0 Å². The van der Waals surface area contributed by atoms with E-state index in [9.17, 15) is 0 Å². The number of para-hydroxylation sites is 1. The molecule has 1 aliphatic carbocycles. The van der Waals surface area contributed by atoms with Gasteiger partial charge in [-0.05, 0) is 70.3 Å². The van der Waals surface area contributed by atoms with Crippen LogP contribution in [-0.4, -0.2) is 29.5 Å². The van der Waals surface area contributed by atoms with E-state index in [4.69, 9.17) is 19.9 Å². The van der Waals surface area contributed by atoms with Crippen LogP contribution < -0.4 is 0 Å². The number of rotatable bonds is 7. The van der Waals surface area contributed by atoms with Crippen LogP contribution >= 0.6 is 0 Å². The number of nitrogens with zero attached hydrogens (tertiary/aromatic N) is 6. The molecule has 0 radical (unpaired) electrons. The van der Waals surface area contributed by atoms with Gasteiger partial charge >= 0.3 is 0 Å². The zero-order valence-corrected chi connectivity index (χ0v) is 35.3. The van der Waals surface area contributed by atoms with Crippen molar-refractivity contribution in [2.24, 2.45) is 0 Å². The largest absolute Gasteiger partial charge is 0.307 e. The molecule has 0 bridgehead atoms. The number of fused-ring (bicyclic) bond motifs is 7. The molecule has 0 atom stereocenters. The molecule has 0 amide bonds. The van der Waals surface area contributed by atoms with E-state index >= 15 is 0 Å². The predicted octanol–water partition coefficient (Wildman–Crippen LogP) is 14.1. The predicted molar refractivity (Wildman–Crippen MR) is 260 cm³/mol. The minimum absolute atomic E-state index is 0.170. The van der Waals surface area contributed by atoms with Crippen LogP contribution in [0.4, 0.5) is 0 Å². The minimum atomic E-state index is -0.170. The molecule has 0 fully saturated rings. The second-order valence-electron chi connectivity index (χ2n) is 16.9. The van der Waals surface area contributed by atoms with Gasteiger partial charge < -0.3 is 4.57 Å².